The Morgan fingerprint density at radius 3 is 2.70 bits per heavy atom. The molecule has 0 aliphatic rings. The second-order valence-electron chi connectivity index (χ2n) is 4.97. The standard InChI is InChI=1S/C14H20N4O2/c1-6-12-10(4)17-20-14(12)15-13(19)11(5)18-9(3)7-8(2)16-18/h7,11H,6H2,1-5H3,(H,15,19). The minimum atomic E-state index is -0.404. The third kappa shape index (κ3) is 2.59. The first kappa shape index (κ1) is 14.3. The van der Waals surface area contributed by atoms with Crippen molar-refractivity contribution in [2.75, 3.05) is 5.32 Å². The van der Waals surface area contributed by atoms with E-state index in [0.29, 0.717) is 5.88 Å². The smallest absolute Gasteiger partial charge is 0.251 e. The molecule has 0 bridgehead atoms. The molecule has 2 heterocycles. The number of anilines is 1. The summed E-state index contributed by atoms with van der Waals surface area (Å²) in [5.74, 6) is 0.269. The summed E-state index contributed by atoms with van der Waals surface area (Å²) in [4.78, 5) is 12.3. The molecule has 0 saturated carbocycles. The van der Waals surface area contributed by atoms with Crippen LogP contribution in [0.4, 0.5) is 5.88 Å². The fraction of sp³-hybridized carbons (Fsp3) is 0.500. The van der Waals surface area contributed by atoms with Gasteiger partial charge in [0, 0.05) is 11.3 Å². The lowest BCUT2D eigenvalue weighted by Gasteiger charge is -2.13. The minimum Gasteiger partial charge on any atom is -0.338 e. The van der Waals surface area contributed by atoms with Gasteiger partial charge in [-0.05, 0) is 40.2 Å². The Hall–Kier alpha value is -2.11. The zero-order valence-electron chi connectivity index (χ0n) is 12.5. The largest absolute Gasteiger partial charge is 0.338 e. The number of amides is 1. The molecule has 6 nitrogen and oxygen atoms in total. The molecule has 6 heteroatoms. The van der Waals surface area contributed by atoms with Crippen LogP contribution in [-0.2, 0) is 11.2 Å². The van der Waals surface area contributed by atoms with Crippen molar-refractivity contribution in [1.82, 2.24) is 14.9 Å². The first-order valence-electron chi connectivity index (χ1n) is 6.72. The molecule has 2 aromatic heterocycles. The van der Waals surface area contributed by atoms with Gasteiger partial charge in [0.1, 0.15) is 6.04 Å². The number of aryl methyl sites for hydroxylation is 3. The Kier molecular flexibility index (Phi) is 3.92. The summed E-state index contributed by atoms with van der Waals surface area (Å²) in [7, 11) is 0. The number of nitrogens with zero attached hydrogens (tertiary/aromatic N) is 3. The molecule has 0 radical (unpaired) electrons. The first-order chi connectivity index (χ1) is 9.43. The van der Waals surface area contributed by atoms with Crippen LogP contribution in [0.5, 0.6) is 0 Å². The number of carbonyl (C=O) groups is 1. The Morgan fingerprint density at radius 1 is 1.45 bits per heavy atom. The van der Waals surface area contributed by atoms with E-state index in [-0.39, 0.29) is 5.91 Å². The summed E-state index contributed by atoms with van der Waals surface area (Å²) in [6.45, 7) is 9.51. The summed E-state index contributed by atoms with van der Waals surface area (Å²) in [5.41, 5.74) is 3.59. The number of carbonyl (C=O) groups excluding carboxylic acids is 1. The molecule has 1 N–H and O–H groups in total. The molecule has 0 aliphatic heterocycles. The summed E-state index contributed by atoms with van der Waals surface area (Å²) >= 11 is 0. The number of hydrogen-bond acceptors (Lipinski definition) is 4. The molecule has 0 aliphatic carbocycles. The van der Waals surface area contributed by atoms with E-state index in [2.05, 4.69) is 15.6 Å². The average molecular weight is 276 g/mol. The van der Waals surface area contributed by atoms with Gasteiger partial charge in [-0.3, -0.25) is 14.8 Å². The van der Waals surface area contributed by atoms with Crippen LogP contribution in [0.15, 0.2) is 10.6 Å². The SMILES string of the molecule is CCc1c(C)noc1NC(=O)C(C)n1nc(C)cc1C. The van der Waals surface area contributed by atoms with Crippen molar-refractivity contribution in [2.45, 2.75) is 47.1 Å². The van der Waals surface area contributed by atoms with Crippen LogP contribution in [0.1, 0.15) is 42.5 Å². The molecule has 2 rings (SSSR count). The van der Waals surface area contributed by atoms with E-state index in [4.69, 9.17) is 4.52 Å². The molecule has 0 fully saturated rings. The van der Waals surface area contributed by atoms with Gasteiger partial charge in [0.2, 0.25) is 5.88 Å². The zero-order chi connectivity index (χ0) is 14.9. The predicted molar refractivity (Wildman–Crippen MR) is 75.7 cm³/mol. The van der Waals surface area contributed by atoms with Crippen LogP contribution in [0.3, 0.4) is 0 Å². The van der Waals surface area contributed by atoms with Gasteiger partial charge in [-0.2, -0.15) is 5.10 Å². The number of hydrogen-bond donors (Lipinski definition) is 1. The van der Waals surface area contributed by atoms with Crippen LogP contribution in [0.2, 0.25) is 0 Å². The van der Waals surface area contributed by atoms with Crippen molar-refractivity contribution in [3.8, 4) is 0 Å². The van der Waals surface area contributed by atoms with E-state index in [1.54, 1.807) is 4.68 Å². The summed E-state index contributed by atoms with van der Waals surface area (Å²) < 4.78 is 6.87. The molecule has 1 amide bonds. The fourth-order valence-electron chi connectivity index (χ4n) is 2.27. The van der Waals surface area contributed by atoms with Crippen LogP contribution in [-0.4, -0.2) is 20.8 Å². The van der Waals surface area contributed by atoms with E-state index < -0.39 is 6.04 Å². The van der Waals surface area contributed by atoms with E-state index >= 15 is 0 Å². The van der Waals surface area contributed by atoms with Crippen molar-refractivity contribution in [3.05, 3.63) is 28.7 Å². The summed E-state index contributed by atoms with van der Waals surface area (Å²) in [6, 6.07) is 1.54. The topological polar surface area (TPSA) is 73.0 Å². The highest BCUT2D eigenvalue weighted by Crippen LogP contribution is 2.21. The highest BCUT2D eigenvalue weighted by molar-refractivity contribution is 5.92. The Balaban J connectivity index is 2.17. The number of nitrogens with one attached hydrogen (secondary N) is 1. The monoisotopic (exact) mass is 276 g/mol. The summed E-state index contributed by atoms with van der Waals surface area (Å²) in [5, 5.41) is 11.0. The van der Waals surface area contributed by atoms with E-state index in [9.17, 15) is 4.79 Å². The van der Waals surface area contributed by atoms with Gasteiger partial charge in [0.05, 0.1) is 11.4 Å². The Morgan fingerprint density at radius 2 is 2.15 bits per heavy atom. The molecule has 108 valence electrons. The van der Waals surface area contributed by atoms with Gasteiger partial charge < -0.3 is 4.52 Å². The van der Waals surface area contributed by atoms with Gasteiger partial charge in [-0.25, -0.2) is 0 Å². The van der Waals surface area contributed by atoms with Gasteiger partial charge in [0.25, 0.3) is 5.91 Å². The molecular formula is C14H20N4O2. The molecule has 1 atom stereocenters. The highest BCUT2D eigenvalue weighted by Gasteiger charge is 2.21. The van der Waals surface area contributed by atoms with Gasteiger partial charge in [-0.1, -0.05) is 12.1 Å². The van der Waals surface area contributed by atoms with Crippen molar-refractivity contribution in [3.63, 3.8) is 0 Å². The second kappa shape index (κ2) is 5.48. The molecule has 0 saturated heterocycles. The molecule has 2 aromatic rings. The Labute approximate surface area is 118 Å². The van der Waals surface area contributed by atoms with Crippen molar-refractivity contribution >= 4 is 11.8 Å². The highest BCUT2D eigenvalue weighted by atomic mass is 16.5. The van der Waals surface area contributed by atoms with E-state index in [0.717, 1.165) is 29.1 Å². The van der Waals surface area contributed by atoms with Gasteiger partial charge >= 0.3 is 0 Å². The normalized spacial score (nSPS) is 12.4. The third-order valence-corrected chi connectivity index (χ3v) is 3.37. The van der Waals surface area contributed by atoms with Crippen molar-refractivity contribution in [2.24, 2.45) is 0 Å². The van der Waals surface area contributed by atoms with E-state index in [1.165, 1.54) is 0 Å². The third-order valence-electron chi connectivity index (χ3n) is 3.37. The quantitative estimate of drug-likeness (QED) is 0.931. The van der Waals surface area contributed by atoms with E-state index in [1.807, 2.05) is 40.7 Å². The first-order valence-corrected chi connectivity index (χ1v) is 6.72. The maximum Gasteiger partial charge on any atom is 0.251 e. The van der Waals surface area contributed by atoms with Crippen LogP contribution >= 0.6 is 0 Å². The zero-order valence-corrected chi connectivity index (χ0v) is 12.5. The molecule has 1 unspecified atom stereocenters. The average Bonchev–Trinajstić information content (AvgIpc) is 2.91. The van der Waals surface area contributed by atoms with Gasteiger partial charge in [-0.15, -0.1) is 0 Å². The molecular weight excluding hydrogens is 256 g/mol. The lowest BCUT2D eigenvalue weighted by atomic mass is 10.2. The number of rotatable bonds is 4. The minimum absolute atomic E-state index is 0.165. The molecule has 0 aromatic carbocycles. The predicted octanol–water partition coefficient (Wildman–Crippen LogP) is 2.56. The second-order valence-corrected chi connectivity index (χ2v) is 4.97. The van der Waals surface area contributed by atoms with Gasteiger partial charge in [0.15, 0.2) is 0 Å². The van der Waals surface area contributed by atoms with Crippen LogP contribution < -0.4 is 5.32 Å². The summed E-state index contributed by atoms with van der Waals surface area (Å²) in [6.07, 6.45) is 0.763. The van der Waals surface area contributed by atoms with Crippen LogP contribution in [0.25, 0.3) is 0 Å². The number of aromatic nitrogens is 3. The van der Waals surface area contributed by atoms with Crippen LogP contribution in [0, 0.1) is 20.8 Å². The Bertz CT molecular complexity index is 627. The lowest BCUT2D eigenvalue weighted by Crippen LogP contribution is -2.25. The fourth-order valence-corrected chi connectivity index (χ4v) is 2.27. The van der Waals surface area contributed by atoms with Crippen molar-refractivity contribution in [1.29, 1.82) is 0 Å². The maximum absolute atomic E-state index is 12.3. The molecule has 0 spiro atoms. The maximum atomic E-state index is 12.3. The lowest BCUT2D eigenvalue weighted by molar-refractivity contribution is -0.119. The van der Waals surface area contributed by atoms with Crippen molar-refractivity contribution < 1.29 is 9.32 Å². The molecule has 20 heavy (non-hydrogen) atoms.